The molecule has 0 atom stereocenters. The number of anilines is 1. The lowest BCUT2D eigenvalue weighted by atomic mass is 10.3. The molecule has 0 saturated carbocycles. The topological polar surface area (TPSA) is 66.6 Å². The number of nitrogens with two attached hydrogens (primary N) is 1. The number of amides is 1. The highest BCUT2D eigenvalue weighted by molar-refractivity contribution is 5.92. The van der Waals surface area contributed by atoms with Crippen molar-refractivity contribution in [1.29, 1.82) is 0 Å². The highest BCUT2D eigenvalue weighted by atomic mass is 16.3. The van der Waals surface area contributed by atoms with Gasteiger partial charge in [-0.3, -0.25) is 4.79 Å². The zero-order chi connectivity index (χ0) is 8.97. The summed E-state index contributed by atoms with van der Waals surface area (Å²) >= 11 is 0. The third-order valence-corrected chi connectivity index (χ3v) is 1.44. The fraction of sp³-hybridized carbons (Fsp3) is 0.125. The normalized spacial score (nSPS) is 9.50. The smallest absolute Gasteiger partial charge is 0.266 e. The number of rotatable bonds is 2. The first kappa shape index (κ1) is 8.70. The first-order valence-corrected chi connectivity index (χ1v) is 3.49. The molecule has 1 aromatic carbocycles. The number of nitrogens with zero attached hydrogens (tertiary/aromatic N) is 1. The fourth-order valence-corrected chi connectivity index (χ4v) is 0.809. The molecule has 0 aliphatic heterocycles. The Morgan fingerprint density at radius 3 is 2.50 bits per heavy atom. The Hall–Kier alpha value is -1.39. The van der Waals surface area contributed by atoms with Crippen molar-refractivity contribution < 1.29 is 9.90 Å². The first-order chi connectivity index (χ1) is 5.75. The van der Waals surface area contributed by atoms with Gasteiger partial charge >= 0.3 is 0 Å². The largest absolute Gasteiger partial charge is 0.386 e. The Kier molecular flexibility index (Phi) is 2.79. The van der Waals surface area contributed by atoms with Gasteiger partial charge in [-0.15, -0.1) is 0 Å². The van der Waals surface area contributed by atoms with Gasteiger partial charge in [0.1, 0.15) is 6.61 Å². The van der Waals surface area contributed by atoms with E-state index in [1.807, 2.05) is 6.07 Å². The number of benzene rings is 1. The molecule has 1 amide bonds. The summed E-state index contributed by atoms with van der Waals surface area (Å²) in [5.41, 5.74) is 0.566. The van der Waals surface area contributed by atoms with E-state index in [0.717, 1.165) is 5.01 Å². The first-order valence-electron chi connectivity index (χ1n) is 3.49. The summed E-state index contributed by atoms with van der Waals surface area (Å²) in [5, 5.41) is 9.41. The van der Waals surface area contributed by atoms with Crippen LogP contribution in [0.5, 0.6) is 0 Å². The van der Waals surface area contributed by atoms with E-state index in [-0.39, 0.29) is 0 Å². The van der Waals surface area contributed by atoms with Gasteiger partial charge in [-0.2, -0.15) is 0 Å². The molecule has 4 heteroatoms. The summed E-state index contributed by atoms with van der Waals surface area (Å²) in [6.45, 7) is -0.578. The van der Waals surface area contributed by atoms with E-state index in [1.54, 1.807) is 24.3 Å². The minimum absolute atomic E-state index is 0.527. The number of carbonyl (C=O) groups excluding carboxylic acids is 1. The molecule has 12 heavy (non-hydrogen) atoms. The summed E-state index contributed by atoms with van der Waals surface area (Å²) in [6.07, 6.45) is 0. The minimum Gasteiger partial charge on any atom is -0.386 e. The molecule has 0 bridgehead atoms. The molecule has 4 nitrogen and oxygen atoms in total. The van der Waals surface area contributed by atoms with Crippen LogP contribution < -0.4 is 10.9 Å². The van der Waals surface area contributed by atoms with Crippen LogP contribution in [-0.2, 0) is 4.79 Å². The van der Waals surface area contributed by atoms with E-state index < -0.39 is 12.5 Å². The second kappa shape index (κ2) is 3.85. The fourth-order valence-electron chi connectivity index (χ4n) is 0.809. The molecule has 0 spiro atoms. The van der Waals surface area contributed by atoms with Crippen LogP contribution in [0.15, 0.2) is 30.3 Å². The third kappa shape index (κ3) is 1.81. The molecule has 3 N–H and O–H groups in total. The number of para-hydroxylation sites is 1. The second-order valence-corrected chi connectivity index (χ2v) is 2.26. The monoisotopic (exact) mass is 166 g/mol. The Morgan fingerprint density at radius 2 is 2.00 bits per heavy atom. The summed E-state index contributed by atoms with van der Waals surface area (Å²) < 4.78 is 0. The van der Waals surface area contributed by atoms with Crippen molar-refractivity contribution in [3.63, 3.8) is 0 Å². The standard InChI is InChI=1S/C8H10N2O2/c9-10(8(12)6-11)7-4-2-1-3-5-7/h1-5,11H,6,9H2. The van der Waals surface area contributed by atoms with Crippen LogP contribution in [0, 0.1) is 0 Å². The lowest BCUT2D eigenvalue weighted by Crippen LogP contribution is -2.39. The van der Waals surface area contributed by atoms with Gasteiger partial charge in [0.25, 0.3) is 5.91 Å². The van der Waals surface area contributed by atoms with Crippen molar-refractivity contribution in [3.8, 4) is 0 Å². The quantitative estimate of drug-likeness (QED) is 0.366. The Balaban J connectivity index is 2.78. The van der Waals surface area contributed by atoms with Crippen LogP contribution in [-0.4, -0.2) is 17.6 Å². The van der Waals surface area contributed by atoms with E-state index in [0.29, 0.717) is 5.69 Å². The number of aliphatic hydroxyl groups excluding tert-OH is 1. The predicted molar refractivity (Wildman–Crippen MR) is 45.2 cm³/mol. The van der Waals surface area contributed by atoms with Gasteiger partial charge in [-0.05, 0) is 12.1 Å². The maximum atomic E-state index is 10.9. The van der Waals surface area contributed by atoms with Crippen LogP contribution in [0.2, 0.25) is 0 Å². The summed E-state index contributed by atoms with van der Waals surface area (Å²) in [6, 6.07) is 8.72. The van der Waals surface area contributed by atoms with Gasteiger partial charge in [0.2, 0.25) is 0 Å². The molecule has 0 heterocycles. The number of hydrazine groups is 1. The Labute approximate surface area is 70.2 Å². The van der Waals surface area contributed by atoms with Crippen LogP contribution in [0.1, 0.15) is 0 Å². The van der Waals surface area contributed by atoms with Crippen molar-refractivity contribution in [2.45, 2.75) is 0 Å². The third-order valence-electron chi connectivity index (χ3n) is 1.44. The van der Waals surface area contributed by atoms with Gasteiger partial charge in [0.15, 0.2) is 0 Å². The molecular weight excluding hydrogens is 156 g/mol. The van der Waals surface area contributed by atoms with Crippen molar-refractivity contribution in [2.75, 3.05) is 11.6 Å². The van der Waals surface area contributed by atoms with Crippen LogP contribution in [0.3, 0.4) is 0 Å². The van der Waals surface area contributed by atoms with Gasteiger partial charge in [-0.25, -0.2) is 10.9 Å². The molecule has 0 aromatic heterocycles. The molecule has 0 aliphatic carbocycles. The molecular formula is C8H10N2O2. The molecule has 0 radical (unpaired) electrons. The van der Waals surface area contributed by atoms with Crippen LogP contribution in [0.25, 0.3) is 0 Å². The molecule has 0 aliphatic rings. The van der Waals surface area contributed by atoms with Crippen LogP contribution in [0.4, 0.5) is 5.69 Å². The summed E-state index contributed by atoms with van der Waals surface area (Å²) in [4.78, 5) is 10.9. The zero-order valence-corrected chi connectivity index (χ0v) is 6.47. The Morgan fingerprint density at radius 1 is 1.42 bits per heavy atom. The van der Waals surface area contributed by atoms with Gasteiger partial charge < -0.3 is 5.11 Å². The number of carbonyl (C=O) groups is 1. The van der Waals surface area contributed by atoms with E-state index in [9.17, 15) is 4.79 Å². The summed E-state index contributed by atoms with van der Waals surface area (Å²) in [5.74, 6) is 4.85. The van der Waals surface area contributed by atoms with Gasteiger partial charge in [0.05, 0.1) is 5.69 Å². The number of hydrogen-bond acceptors (Lipinski definition) is 3. The van der Waals surface area contributed by atoms with Crippen molar-refractivity contribution in [1.82, 2.24) is 0 Å². The van der Waals surface area contributed by atoms with Crippen LogP contribution >= 0.6 is 0 Å². The highest BCUT2D eigenvalue weighted by Crippen LogP contribution is 2.08. The van der Waals surface area contributed by atoms with E-state index >= 15 is 0 Å². The maximum Gasteiger partial charge on any atom is 0.266 e. The van der Waals surface area contributed by atoms with Crippen molar-refractivity contribution in [3.05, 3.63) is 30.3 Å². The van der Waals surface area contributed by atoms with E-state index in [1.165, 1.54) is 0 Å². The molecule has 1 rings (SSSR count). The summed E-state index contributed by atoms with van der Waals surface area (Å²) in [7, 11) is 0. The SMILES string of the molecule is NN(C(=O)CO)c1ccccc1. The average molecular weight is 166 g/mol. The number of hydrogen-bond donors (Lipinski definition) is 2. The minimum atomic E-state index is -0.578. The number of aliphatic hydroxyl groups is 1. The molecule has 64 valence electrons. The second-order valence-electron chi connectivity index (χ2n) is 2.26. The zero-order valence-electron chi connectivity index (χ0n) is 6.47. The van der Waals surface area contributed by atoms with E-state index in [4.69, 9.17) is 10.9 Å². The lowest BCUT2D eigenvalue weighted by Gasteiger charge is -2.14. The maximum absolute atomic E-state index is 10.9. The van der Waals surface area contributed by atoms with Gasteiger partial charge in [0, 0.05) is 0 Å². The highest BCUT2D eigenvalue weighted by Gasteiger charge is 2.08. The predicted octanol–water partition coefficient (Wildman–Crippen LogP) is -0.114. The average Bonchev–Trinajstić information content (AvgIpc) is 2.17. The molecule has 0 unspecified atom stereocenters. The molecule has 0 saturated heterocycles. The Bertz CT molecular complexity index is 261. The van der Waals surface area contributed by atoms with E-state index in [2.05, 4.69) is 0 Å². The molecule has 0 fully saturated rings. The van der Waals surface area contributed by atoms with Crippen molar-refractivity contribution in [2.24, 2.45) is 5.84 Å². The van der Waals surface area contributed by atoms with Crippen molar-refractivity contribution >= 4 is 11.6 Å². The molecule has 1 aromatic rings. The van der Waals surface area contributed by atoms with Gasteiger partial charge in [-0.1, -0.05) is 18.2 Å². The lowest BCUT2D eigenvalue weighted by molar-refractivity contribution is -0.121.